The van der Waals surface area contributed by atoms with Crippen LogP contribution in [0.25, 0.3) is 0 Å². The van der Waals surface area contributed by atoms with Gasteiger partial charge in [-0.2, -0.15) is 9.40 Å². The van der Waals surface area contributed by atoms with Crippen LogP contribution in [0.15, 0.2) is 21.8 Å². The second-order valence-corrected chi connectivity index (χ2v) is 8.43. The van der Waals surface area contributed by atoms with Gasteiger partial charge in [0.05, 0.1) is 6.20 Å². The van der Waals surface area contributed by atoms with Crippen LogP contribution in [-0.4, -0.2) is 71.7 Å². The number of rotatable bonds is 5. The summed E-state index contributed by atoms with van der Waals surface area (Å²) >= 11 is 0. The molecule has 3 rings (SSSR count). The third-order valence-corrected chi connectivity index (χ3v) is 6.85. The van der Waals surface area contributed by atoms with Gasteiger partial charge in [-0.1, -0.05) is 5.16 Å². The van der Waals surface area contributed by atoms with E-state index in [2.05, 4.69) is 15.6 Å². The highest BCUT2D eigenvalue weighted by atomic mass is 32.2. The van der Waals surface area contributed by atoms with Crippen LogP contribution >= 0.6 is 0 Å². The molecule has 0 spiro atoms. The summed E-state index contributed by atoms with van der Waals surface area (Å²) in [6.45, 7) is 4.27. The second kappa shape index (κ2) is 7.41. The van der Waals surface area contributed by atoms with E-state index >= 15 is 0 Å². The van der Waals surface area contributed by atoms with Gasteiger partial charge in [-0.15, -0.1) is 0 Å². The van der Waals surface area contributed by atoms with Crippen molar-refractivity contribution in [2.24, 2.45) is 7.05 Å². The summed E-state index contributed by atoms with van der Waals surface area (Å²) in [6, 6.07) is -0.510. The van der Waals surface area contributed by atoms with Gasteiger partial charge >= 0.3 is 0 Å². The number of amides is 1. The fourth-order valence-electron chi connectivity index (χ4n) is 3.33. The van der Waals surface area contributed by atoms with Crippen molar-refractivity contribution in [1.29, 1.82) is 0 Å². The number of nitrogens with zero attached hydrogens (tertiary/aromatic N) is 5. The maximum atomic E-state index is 12.9. The molecule has 0 aromatic carbocycles. The van der Waals surface area contributed by atoms with Gasteiger partial charge in [-0.25, -0.2) is 8.42 Å². The first-order valence-electron chi connectivity index (χ1n) is 8.63. The van der Waals surface area contributed by atoms with Crippen molar-refractivity contribution < 1.29 is 17.7 Å². The molecule has 1 atom stereocenters. The highest BCUT2D eigenvalue weighted by molar-refractivity contribution is 7.89. The van der Waals surface area contributed by atoms with E-state index in [-0.39, 0.29) is 29.7 Å². The maximum absolute atomic E-state index is 12.9. The molecule has 1 fully saturated rings. The minimum atomic E-state index is -3.69. The Kier molecular flexibility index (Phi) is 5.36. The molecule has 1 aliphatic rings. The minimum absolute atomic E-state index is 0.0973. The first kappa shape index (κ1) is 19.5. The van der Waals surface area contributed by atoms with Crippen molar-refractivity contribution in [3.8, 4) is 0 Å². The molecule has 0 aliphatic carbocycles. The topological polar surface area (TPSA) is 114 Å². The Morgan fingerprint density at radius 2 is 1.93 bits per heavy atom. The zero-order valence-electron chi connectivity index (χ0n) is 15.8. The van der Waals surface area contributed by atoms with Crippen molar-refractivity contribution in [2.45, 2.75) is 24.8 Å². The number of carbonyl (C=O) groups is 1. The van der Waals surface area contributed by atoms with Crippen molar-refractivity contribution in [3.63, 3.8) is 0 Å². The predicted octanol–water partition coefficient (Wildman–Crippen LogP) is -0.181. The quantitative estimate of drug-likeness (QED) is 0.746. The number of piperazine rings is 1. The largest absolute Gasteiger partial charge is 0.360 e. The average molecular weight is 396 g/mol. The predicted molar refractivity (Wildman–Crippen MR) is 96.3 cm³/mol. The first-order chi connectivity index (χ1) is 12.8. The maximum Gasteiger partial charge on any atom is 0.248 e. The second-order valence-electron chi connectivity index (χ2n) is 6.55. The lowest BCUT2D eigenvalue weighted by Gasteiger charge is -2.35. The molecular formula is C16H24N6O4S. The molecule has 1 saturated heterocycles. The number of hydrogen-bond donors (Lipinski definition) is 1. The lowest BCUT2D eigenvalue weighted by Crippen LogP contribution is -2.52. The third-order valence-electron chi connectivity index (χ3n) is 4.71. The zero-order valence-corrected chi connectivity index (χ0v) is 16.7. The Labute approximate surface area is 158 Å². The summed E-state index contributed by atoms with van der Waals surface area (Å²) in [5.74, 6) is 0.178. The van der Waals surface area contributed by atoms with Crippen LogP contribution in [0, 0.1) is 13.8 Å². The van der Waals surface area contributed by atoms with Gasteiger partial charge in [0.2, 0.25) is 15.9 Å². The van der Waals surface area contributed by atoms with Crippen molar-refractivity contribution in [2.75, 3.05) is 33.2 Å². The number of sulfonamides is 1. The number of likely N-dealkylation sites (N-methyl/N-ethyl adjacent to an activating group) is 1. The van der Waals surface area contributed by atoms with E-state index in [9.17, 15) is 13.2 Å². The fraction of sp³-hybridized carbons (Fsp3) is 0.562. The smallest absolute Gasteiger partial charge is 0.248 e. The molecular weight excluding hydrogens is 372 g/mol. The summed E-state index contributed by atoms with van der Waals surface area (Å²) in [5, 5.41) is 10.8. The third kappa shape index (κ3) is 3.62. The molecule has 1 aliphatic heterocycles. The van der Waals surface area contributed by atoms with Crippen LogP contribution in [0.5, 0.6) is 0 Å². The van der Waals surface area contributed by atoms with E-state index in [1.54, 1.807) is 49.9 Å². The molecule has 3 heterocycles. The summed E-state index contributed by atoms with van der Waals surface area (Å²) < 4.78 is 33.8. The standard InChI is InChI=1S/C16H24N6O4S/c1-11-15(12(2)26-19-11)27(24,25)22-7-5-21(6-8-22)16(23)14(17-3)13-9-18-20(4)10-13/h9-10,14,17H,5-8H2,1-4H3. The van der Waals surface area contributed by atoms with Crippen LogP contribution in [0.4, 0.5) is 0 Å². The zero-order chi connectivity index (χ0) is 19.8. The minimum Gasteiger partial charge on any atom is -0.360 e. The number of aromatic nitrogens is 3. The van der Waals surface area contributed by atoms with E-state index in [4.69, 9.17) is 4.52 Å². The van der Waals surface area contributed by atoms with Crippen molar-refractivity contribution in [3.05, 3.63) is 29.4 Å². The van der Waals surface area contributed by atoms with Crippen LogP contribution in [0.3, 0.4) is 0 Å². The van der Waals surface area contributed by atoms with E-state index < -0.39 is 16.1 Å². The van der Waals surface area contributed by atoms with Gasteiger partial charge in [0.1, 0.15) is 16.6 Å². The first-order valence-corrected chi connectivity index (χ1v) is 10.1. The summed E-state index contributed by atoms with van der Waals surface area (Å²) in [6.07, 6.45) is 3.44. The summed E-state index contributed by atoms with van der Waals surface area (Å²) in [5.41, 5.74) is 1.12. The highest BCUT2D eigenvalue weighted by Crippen LogP contribution is 2.25. The molecule has 1 N–H and O–H groups in total. The normalized spacial score (nSPS) is 17.3. The Morgan fingerprint density at radius 1 is 1.26 bits per heavy atom. The van der Waals surface area contributed by atoms with Crippen molar-refractivity contribution in [1.82, 2.24) is 29.5 Å². The molecule has 10 nitrogen and oxygen atoms in total. The van der Waals surface area contributed by atoms with Crippen LogP contribution in [0.1, 0.15) is 23.1 Å². The van der Waals surface area contributed by atoms with Gasteiger partial charge in [0.25, 0.3) is 0 Å². The Balaban J connectivity index is 1.70. The van der Waals surface area contributed by atoms with Crippen molar-refractivity contribution >= 4 is 15.9 Å². The van der Waals surface area contributed by atoms with Crippen LogP contribution < -0.4 is 5.32 Å². The van der Waals surface area contributed by atoms with Gasteiger partial charge < -0.3 is 14.7 Å². The van der Waals surface area contributed by atoms with E-state index in [1.165, 1.54) is 4.31 Å². The lowest BCUT2D eigenvalue weighted by molar-refractivity contribution is -0.134. The highest BCUT2D eigenvalue weighted by Gasteiger charge is 2.35. The summed E-state index contributed by atoms with van der Waals surface area (Å²) in [4.78, 5) is 14.7. The molecule has 1 unspecified atom stereocenters. The fourth-order valence-corrected chi connectivity index (χ4v) is 5.04. The molecule has 148 valence electrons. The monoisotopic (exact) mass is 396 g/mol. The lowest BCUT2D eigenvalue weighted by atomic mass is 10.1. The van der Waals surface area contributed by atoms with Gasteiger partial charge in [0.15, 0.2) is 5.76 Å². The number of hydrogen-bond acceptors (Lipinski definition) is 7. The molecule has 0 bridgehead atoms. The Morgan fingerprint density at radius 3 is 2.41 bits per heavy atom. The average Bonchev–Trinajstić information content (AvgIpc) is 3.21. The number of nitrogens with one attached hydrogen (secondary N) is 1. The number of carbonyl (C=O) groups excluding carboxylic acids is 1. The van der Waals surface area contributed by atoms with Crippen LogP contribution in [0.2, 0.25) is 0 Å². The molecule has 2 aromatic rings. The molecule has 11 heteroatoms. The summed E-state index contributed by atoms with van der Waals surface area (Å²) in [7, 11) is -0.187. The molecule has 1 amide bonds. The SMILES string of the molecule is CNC(C(=O)N1CCN(S(=O)(=O)c2c(C)noc2C)CC1)c1cnn(C)c1. The Hall–Kier alpha value is -2.24. The van der Waals surface area contributed by atoms with Gasteiger partial charge in [0, 0.05) is 45.0 Å². The van der Waals surface area contributed by atoms with E-state index in [1.807, 2.05) is 0 Å². The van der Waals surface area contributed by atoms with E-state index in [0.29, 0.717) is 18.8 Å². The molecule has 0 radical (unpaired) electrons. The molecule has 2 aromatic heterocycles. The molecule has 0 saturated carbocycles. The van der Waals surface area contributed by atoms with E-state index in [0.717, 1.165) is 5.56 Å². The number of aryl methyl sites for hydroxylation is 3. The molecule has 27 heavy (non-hydrogen) atoms. The van der Waals surface area contributed by atoms with Gasteiger partial charge in [-0.3, -0.25) is 9.48 Å². The van der Waals surface area contributed by atoms with Gasteiger partial charge in [-0.05, 0) is 20.9 Å². The Bertz CT molecular complexity index is 907. The van der Waals surface area contributed by atoms with Crippen LogP contribution in [-0.2, 0) is 21.9 Å².